The number of amides is 1. The number of rotatable bonds is 4. The third kappa shape index (κ3) is 2.76. The summed E-state index contributed by atoms with van der Waals surface area (Å²) in [7, 11) is 5.29. The minimum Gasteiger partial charge on any atom is -0.390 e. The third-order valence-corrected chi connectivity index (χ3v) is 3.42. The van der Waals surface area contributed by atoms with E-state index in [1.54, 1.807) is 29.8 Å². The molecular formula is C10H17N3O2S. The predicted octanol–water partition coefficient (Wildman–Crippen LogP) is 0.481. The lowest BCUT2D eigenvalue weighted by atomic mass is 10.4. The van der Waals surface area contributed by atoms with Gasteiger partial charge < -0.3 is 14.6 Å². The summed E-state index contributed by atoms with van der Waals surface area (Å²) in [5.74, 6) is 0.0542. The van der Waals surface area contributed by atoms with Gasteiger partial charge in [-0.1, -0.05) is 11.8 Å². The van der Waals surface area contributed by atoms with Crippen molar-refractivity contribution < 1.29 is 9.90 Å². The lowest BCUT2D eigenvalue weighted by molar-refractivity contribution is -0.127. The molecule has 0 fully saturated rings. The number of aliphatic hydroxyl groups is 1. The van der Waals surface area contributed by atoms with Crippen molar-refractivity contribution in [3.8, 4) is 0 Å². The van der Waals surface area contributed by atoms with Crippen molar-refractivity contribution in [1.29, 1.82) is 0 Å². The van der Waals surface area contributed by atoms with E-state index in [-0.39, 0.29) is 17.8 Å². The molecule has 90 valence electrons. The van der Waals surface area contributed by atoms with Crippen LogP contribution >= 0.6 is 11.8 Å². The smallest absolute Gasteiger partial charge is 0.235 e. The molecule has 0 saturated heterocycles. The number of aromatic nitrogens is 2. The van der Waals surface area contributed by atoms with Crippen LogP contribution in [0.15, 0.2) is 11.4 Å². The Bertz CT molecular complexity index is 376. The maximum Gasteiger partial charge on any atom is 0.235 e. The molecule has 0 spiro atoms. The van der Waals surface area contributed by atoms with Gasteiger partial charge in [0.25, 0.3) is 0 Å². The van der Waals surface area contributed by atoms with Gasteiger partial charge in [0.05, 0.1) is 23.7 Å². The Morgan fingerprint density at radius 3 is 2.75 bits per heavy atom. The van der Waals surface area contributed by atoms with E-state index in [4.69, 9.17) is 5.11 Å². The van der Waals surface area contributed by atoms with E-state index in [0.29, 0.717) is 0 Å². The molecule has 0 aliphatic carbocycles. The van der Waals surface area contributed by atoms with E-state index in [9.17, 15) is 4.79 Å². The first-order valence-corrected chi connectivity index (χ1v) is 5.84. The second-order valence-corrected chi connectivity index (χ2v) is 5.05. The van der Waals surface area contributed by atoms with Crippen molar-refractivity contribution in [1.82, 2.24) is 14.5 Å². The fourth-order valence-corrected chi connectivity index (χ4v) is 2.27. The number of nitrogens with zero attached hydrogens (tertiary/aromatic N) is 3. The summed E-state index contributed by atoms with van der Waals surface area (Å²) in [6, 6.07) is 0. The fourth-order valence-electron chi connectivity index (χ4n) is 1.25. The minimum atomic E-state index is -0.178. The van der Waals surface area contributed by atoms with Gasteiger partial charge in [-0.15, -0.1) is 0 Å². The van der Waals surface area contributed by atoms with Crippen LogP contribution in [0.1, 0.15) is 12.6 Å². The van der Waals surface area contributed by atoms with Gasteiger partial charge in [-0.05, 0) is 6.92 Å². The number of aliphatic hydroxyl groups excluding tert-OH is 1. The Kier molecular flexibility index (Phi) is 4.37. The molecule has 1 aromatic rings. The van der Waals surface area contributed by atoms with Crippen molar-refractivity contribution in [3.63, 3.8) is 0 Å². The van der Waals surface area contributed by atoms with Gasteiger partial charge in [0.2, 0.25) is 5.91 Å². The molecule has 0 radical (unpaired) electrons. The van der Waals surface area contributed by atoms with Crippen LogP contribution in [-0.4, -0.2) is 44.8 Å². The quantitative estimate of drug-likeness (QED) is 0.782. The first-order chi connectivity index (χ1) is 7.47. The molecule has 5 nitrogen and oxygen atoms in total. The van der Waals surface area contributed by atoms with E-state index >= 15 is 0 Å². The normalized spacial score (nSPS) is 12.6. The zero-order valence-electron chi connectivity index (χ0n) is 9.97. The molecule has 0 saturated carbocycles. The molecule has 0 bridgehead atoms. The first kappa shape index (κ1) is 13.1. The fraction of sp³-hybridized carbons (Fsp3) is 0.600. The number of carbonyl (C=O) groups is 1. The molecule has 0 aliphatic rings. The molecule has 0 aromatic carbocycles. The van der Waals surface area contributed by atoms with Gasteiger partial charge in [0.15, 0.2) is 5.16 Å². The number of hydrogen-bond acceptors (Lipinski definition) is 4. The Morgan fingerprint density at radius 1 is 1.69 bits per heavy atom. The van der Waals surface area contributed by atoms with Crippen LogP contribution in [0.25, 0.3) is 0 Å². The topological polar surface area (TPSA) is 58.4 Å². The van der Waals surface area contributed by atoms with E-state index in [1.807, 2.05) is 14.0 Å². The Hall–Kier alpha value is -1.01. The zero-order valence-corrected chi connectivity index (χ0v) is 10.8. The zero-order chi connectivity index (χ0) is 12.3. The standard InChI is InChI=1S/C10H17N3O2S/c1-7(9(15)12(2)3)16-10-11-5-8(6-14)13(10)4/h5,7,14H,6H2,1-4H3. The Labute approximate surface area is 99.5 Å². The molecule has 16 heavy (non-hydrogen) atoms. The molecule has 1 rings (SSSR count). The van der Waals surface area contributed by atoms with Gasteiger partial charge >= 0.3 is 0 Å². The molecule has 1 heterocycles. The van der Waals surface area contributed by atoms with E-state index < -0.39 is 0 Å². The Balaban J connectivity index is 2.73. The average molecular weight is 243 g/mol. The van der Waals surface area contributed by atoms with Crippen LogP contribution in [0.2, 0.25) is 0 Å². The van der Waals surface area contributed by atoms with Crippen molar-refractivity contribution in [2.75, 3.05) is 14.1 Å². The van der Waals surface area contributed by atoms with Crippen LogP contribution in [0, 0.1) is 0 Å². The Morgan fingerprint density at radius 2 is 2.31 bits per heavy atom. The summed E-state index contributed by atoms with van der Waals surface area (Å²) in [4.78, 5) is 17.4. The van der Waals surface area contributed by atoms with E-state index in [0.717, 1.165) is 10.9 Å². The van der Waals surface area contributed by atoms with Gasteiger partial charge in [-0.3, -0.25) is 4.79 Å². The van der Waals surface area contributed by atoms with E-state index in [2.05, 4.69) is 4.98 Å². The van der Waals surface area contributed by atoms with Gasteiger partial charge in [0, 0.05) is 21.1 Å². The van der Waals surface area contributed by atoms with Gasteiger partial charge in [-0.2, -0.15) is 0 Å². The lowest BCUT2D eigenvalue weighted by Crippen LogP contribution is -2.29. The van der Waals surface area contributed by atoms with Crippen LogP contribution < -0.4 is 0 Å². The molecule has 6 heteroatoms. The van der Waals surface area contributed by atoms with Crippen molar-refractivity contribution >= 4 is 17.7 Å². The highest BCUT2D eigenvalue weighted by molar-refractivity contribution is 8.00. The highest BCUT2D eigenvalue weighted by Gasteiger charge is 2.18. The first-order valence-electron chi connectivity index (χ1n) is 4.96. The predicted molar refractivity (Wildman–Crippen MR) is 63.1 cm³/mol. The highest BCUT2D eigenvalue weighted by Crippen LogP contribution is 2.23. The summed E-state index contributed by atoms with van der Waals surface area (Å²) in [5.41, 5.74) is 0.743. The SMILES string of the molecule is CC(Sc1ncc(CO)n1C)C(=O)N(C)C. The van der Waals surface area contributed by atoms with Gasteiger partial charge in [0.1, 0.15) is 0 Å². The minimum absolute atomic E-state index is 0.0416. The van der Waals surface area contributed by atoms with E-state index in [1.165, 1.54) is 11.8 Å². The summed E-state index contributed by atoms with van der Waals surface area (Å²) >= 11 is 1.39. The van der Waals surface area contributed by atoms with Crippen LogP contribution in [0.3, 0.4) is 0 Å². The summed E-state index contributed by atoms with van der Waals surface area (Å²) < 4.78 is 1.80. The molecule has 1 aromatic heterocycles. The molecule has 0 aliphatic heterocycles. The maximum atomic E-state index is 11.7. The second-order valence-electron chi connectivity index (χ2n) is 3.74. The molecule has 1 unspecified atom stereocenters. The number of thioether (sulfide) groups is 1. The lowest BCUT2D eigenvalue weighted by Gasteiger charge is -2.16. The highest BCUT2D eigenvalue weighted by atomic mass is 32.2. The number of hydrogen-bond donors (Lipinski definition) is 1. The van der Waals surface area contributed by atoms with Crippen LogP contribution in [0.5, 0.6) is 0 Å². The number of carbonyl (C=O) groups excluding carboxylic acids is 1. The summed E-state index contributed by atoms with van der Waals surface area (Å²) in [5, 5.41) is 9.58. The summed E-state index contributed by atoms with van der Waals surface area (Å²) in [6.07, 6.45) is 1.62. The average Bonchev–Trinajstić information content (AvgIpc) is 2.58. The number of imidazole rings is 1. The molecule has 1 atom stereocenters. The van der Waals surface area contributed by atoms with Crippen molar-refractivity contribution in [3.05, 3.63) is 11.9 Å². The maximum absolute atomic E-state index is 11.7. The molecule has 1 N–H and O–H groups in total. The summed E-state index contributed by atoms with van der Waals surface area (Å²) in [6.45, 7) is 1.81. The van der Waals surface area contributed by atoms with Crippen LogP contribution in [0.4, 0.5) is 0 Å². The van der Waals surface area contributed by atoms with Gasteiger partial charge in [-0.25, -0.2) is 4.98 Å². The van der Waals surface area contributed by atoms with Crippen molar-refractivity contribution in [2.24, 2.45) is 7.05 Å². The van der Waals surface area contributed by atoms with Crippen LogP contribution in [-0.2, 0) is 18.4 Å². The van der Waals surface area contributed by atoms with Crippen molar-refractivity contribution in [2.45, 2.75) is 23.9 Å². The molecular weight excluding hydrogens is 226 g/mol. The third-order valence-electron chi connectivity index (χ3n) is 2.27. The monoisotopic (exact) mass is 243 g/mol. The molecule has 1 amide bonds. The largest absolute Gasteiger partial charge is 0.390 e. The second kappa shape index (κ2) is 5.36.